The Labute approximate surface area is 238 Å². The Morgan fingerprint density at radius 2 is 1.80 bits per heavy atom. The van der Waals surface area contributed by atoms with Crippen molar-refractivity contribution in [1.29, 1.82) is 0 Å². The zero-order chi connectivity index (χ0) is 28.3. The van der Waals surface area contributed by atoms with Gasteiger partial charge < -0.3 is 30.0 Å². The molecule has 1 amide bonds. The van der Waals surface area contributed by atoms with Gasteiger partial charge in [0.05, 0.1) is 0 Å². The predicted octanol–water partition coefficient (Wildman–Crippen LogP) is 5.09. The second kappa shape index (κ2) is 12.1. The first kappa shape index (κ1) is 28.9. The summed E-state index contributed by atoms with van der Waals surface area (Å²) < 4.78 is 17.5. The summed E-state index contributed by atoms with van der Waals surface area (Å²) in [5.74, 6) is 1.23. The van der Waals surface area contributed by atoms with Crippen molar-refractivity contribution in [2.45, 2.75) is 121 Å². The van der Waals surface area contributed by atoms with Gasteiger partial charge in [-0.2, -0.15) is 0 Å². The van der Waals surface area contributed by atoms with Crippen molar-refractivity contribution in [2.75, 3.05) is 13.1 Å². The van der Waals surface area contributed by atoms with Gasteiger partial charge in [0, 0.05) is 35.9 Å². The summed E-state index contributed by atoms with van der Waals surface area (Å²) in [6.45, 7) is 7.12. The van der Waals surface area contributed by atoms with Crippen LogP contribution in [0.15, 0.2) is 24.3 Å². The van der Waals surface area contributed by atoms with Crippen molar-refractivity contribution in [2.24, 2.45) is 5.92 Å². The first-order valence-corrected chi connectivity index (χ1v) is 15.3. The third kappa shape index (κ3) is 6.03. The van der Waals surface area contributed by atoms with Crippen LogP contribution in [0.3, 0.4) is 0 Å². The van der Waals surface area contributed by atoms with Gasteiger partial charge >= 0.3 is 12.1 Å². The number of ether oxygens (including phenoxy) is 3. The Hall–Kier alpha value is -2.58. The normalized spacial score (nSPS) is 27.5. The van der Waals surface area contributed by atoms with Crippen molar-refractivity contribution in [1.82, 2.24) is 10.6 Å². The van der Waals surface area contributed by atoms with Crippen molar-refractivity contribution >= 4 is 12.1 Å². The average molecular weight is 555 g/mol. The Balaban J connectivity index is 1.01. The van der Waals surface area contributed by atoms with Crippen LogP contribution in [-0.4, -0.2) is 54.1 Å². The molecule has 1 saturated heterocycles. The molecule has 0 saturated carbocycles. The molecule has 0 radical (unpaired) electrons. The fourth-order valence-corrected chi connectivity index (χ4v) is 7.18. The summed E-state index contributed by atoms with van der Waals surface area (Å²) in [6.07, 6.45) is 13.3. The lowest BCUT2D eigenvalue weighted by Gasteiger charge is -2.53. The number of hydrogen-bond acceptors (Lipinski definition) is 7. The van der Waals surface area contributed by atoms with E-state index in [4.69, 9.17) is 14.2 Å². The Kier molecular flexibility index (Phi) is 8.76. The molecule has 40 heavy (non-hydrogen) atoms. The van der Waals surface area contributed by atoms with E-state index in [0.29, 0.717) is 30.5 Å². The lowest BCUT2D eigenvalue weighted by molar-refractivity contribution is -0.134. The van der Waals surface area contributed by atoms with E-state index in [0.717, 1.165) is 76.3 Å². The van der Waals surface area contributed by atoms with E-state index in [1.807, 2.05) is 32.9 Å². The average Bonchev–Trinajstić information content (AvgIpc) is 3.23. The van der Waals surface area contributed by atoms with Crippen LogP contribution in [0.1, 0.15) is 96.1 Å². The summed E-state index contributed by atoms with van der Waals surface area (Å²) in [4.78, 5) is 24.4. The van der Waals surface area contributed by atoms with Crippen LogP contribution >= 0.6 is 0 Å². The van der Waals surface area contributed by atoms with Crippen molar-refractivity contribution in [3.8, 4) is 11.5 Å². The number of carbonyl (C=O) groups is 2. The number of unbranched alkanes of at least 4 members (excludes halogenated alkanes) is 7. The number of benzene rings is 1. The SMILES string of the molecule is CC(C)(C)OC(=O)NCCCCCCCCCCC(=O)Oc1ccc2c3c1O[C@H]1[C@@H](O)C=C[C@H]4[C@@H](C2)NCC[C@@]341. The van der Waals surface area contributed by atoms with Gasteiger partial charge in [-0.1, -0.05) is 56.7 Å². The molecule has 8 heteroatoms. The van der Waals surface area contributed by atoms with Gasteiger partial charge in [0.15, 0.2) is 11.5 Å². The lowest BCUT2D eigenvalue weighted by atomic mass is 9.54. The van der Waals surface area contributed by atoms with Crippen LogP contribution < -0.4 is 20.1 Å². The summed E-state index contributed by atoms with van der Waals surface area (Å²) in [6, 6.07) is 4.30. The molecule has 5 rings (SSSR count). The summed E-state index contributed by atoms with van der Waals surface area (Å²) >= 11 is 0. The number of piperidine rings is 1. The van der Waals surface area contributed by atoms with Crippen molar-refractivity contribution < 1.29 is 28.9 Å². The van der Waals surface area contributed by atoms with E-state index >= 15 is 0 Å². The molecule has 3 N–H and O–H groups in total. The number of aliphatic hydroxyl groups excluding tert-OH is 1. The Bertz CT molecular complexity index is 1110. The van der Waals surface area contributed by atoms with Crippen molar-refractivity contribution in [3.63, 3.8) is 0 Å². The zero-order valence-corrected chi connectivity index (χ0v) is 24.3. The molecule has 4 aliphatic rings. The summed E-state index contributed by atoms with van der Waals surface area (Å²) in [7, 11) is 0. The van der Waals surface area contributed by atoms with E-state index in [2.05, 4.69) is 22.8 Å². The van der Waals surface area contributed by atoms with Crippen LogP contribution in [0.4, 0.5) is 4.79 Å². The highest BCUT2D eigenvalue weighted by Crippen LogP contribution is 2.61. The molecule has 5 atom stereocenters. The number of hydrogen-bond donors (Lipinski definition) is 3. The Morgan fingerprint density at radius 3 is 2.55 bits per heavy atom. The van der Waals surface area contributed by atoms with Crippen LogP contribution in [0.25, 0.3) is 0 Å². The number of rotatable bonds is 12. The first-order chi connectivity index (χ1) is 19.2. The highest BCUT2D eigenvalue weighted by molar-refractivity contribution is 5.74. The third-order valence-electron chi connectivity index (χ3n) is 8.86. The van der Waals surface area contributed by atoms with Crippen LogP contribution in [-0.2, 0) is 21.4 Å². The van der Waals surface area contributed by atoms with Gasteiger partial charge in [-0.25, -0.2) is 4.79 Å². The first-order valence-electron chi connectivity index (χ1n) is 15.3. The molecule has 2 aliphatic carbocycles. The molecule has 220 valence electrons. The minimum absolute atomic E-state index is 0.223. The molecule has 1 aromatic rings. The molecule has 0 unspecified atom stereocenters. The Morgan fingerprint density at radius 1 is 1.07 bits per heavy atom. The van der Waals surface area contributed by atoms with Gasteiger partial charge in [-0.05, 0) is 64.6 Å². The molecule has 1 fully saturated rings. The number of amides is 1. The van der Waals surface area contributed by atoms with Gasteiger partial charge in [-0.15, -0.1) is 0 Å². The largest absolute Gasteiger partial charge is 0.482 e. The van der Waals surface area contributed by atoms with Gasteiger partial charge in [0.2, 0.25) is 0 Å². The minimum Gasteiger partial charge on any atom is -0.482 e. The van der Waals surface area contributed by atoms with E-state index in [1.54, 1.807) is 0 Å². The van der Waals surface area contributed by atoms with Crippen LogP contribution in [0.5, 0.6) is 11.5 Å². The monoisotopic (exact) mass is 554 g/mol. The molecular formula is C32H46N2O6. The quantitative estimate of drug-likeness (QED) is 0.143. The van der Waals surface area contributed by atoms with Crippen LogP contribution in [0.2, 0.25) is 0 Å². The van der Waals surface area contributed by atoms with Crippen molar-refractivity contribution in [3.05, 3.63) is 35.4 Å². The second-order valence-corrected chi connectivity index (χ2v) is 12.9. The third-order valence-corrected chi connectivity index (χ3v) is 8.86. The smallest absolute Gasteiger partial charge is 0.407 e. The number of alkyl carbamates (subject to hydrolysis) is 1. The van der Waals surface area contributed by atoms with Crippen LogP contribution in [0, 0.1) is 5.92 Å². The number of esters is 1. The maximum absolute atomic E-state index is 12.7. The number of nitrogens with one attached hydrogen (secondary N) is 2. The highest BCUT2D eigenvalue weighted by Gasteiger charge is 2.63. The molecule has 2 aliphatic heterocycles. The summed E-state index contributed by atoms with van der Waals surface area (Å²) in [5.41, 5.74) is 1.70. The number of aliphatic hydroxyl groups is 1. The van der Waals surface area contributed by atoms with E-state index < -0.39 is 11.7 Å². The maximum atomic E-state index is 12.7. The predicted molar refractivity (Wildman–Crippen MR) is 153 cm³/mol. The molecule has 0 aromatic heterocycles. The standard InChI is InChI=1S/C32H46N2O6/c1-31(2,3)40-30(37)34-18-11-9-7-5-4-6-8-10-12-26(36)38-25-16-13-21-20-23-22-14-15-24(35)29-32(22,17-19-33-23)27(21)28(25)39-29/h13-16,22-24,29,33,35H,4-12,17-20H2,1-3H3,(H,34,37)/t22-,23+,24-,29-,32-/m0/s1. The summed E-state index contributed by atoms with van der Waals surface area (Å²) in [5, 5.41) is 17.3. The molecular weight excluding hydrogens is 508 g/mol. The molecule has 2 heterocycles. The number of carbonyl (C=O) groups excluding carboxylic acids is 2. The fourth-order valence-electron chi connectivity index (χ4n) is 7.18. The molecule has 2 bridgehead atoms. The minimum atomic E-state index is -0.661. The highest BCUT2D eigenvalue weighted by atomic mass is 16.6. The zero-order valence-electron chi connectivity index (χ0n) is 24.3. The molecule has 1 spiro atoms. The molecule has 1 aromatic carbocycles. The van der Waals surface area contributed by atoms with E-state index in [1.165, 1.54) is 5.56 Å². The second-order valence-electron chi connectivity index (χ2n) is 12.9. The molecule has 8 nitrogen and oxygen atoms in total. The van der Waals surface area contributed by atoms with Gasteiger partial charge in [0.1, 0.15) is 17.8 Å². The van der Waals surface area contributed by atoms with Gasteiger partial charge in [0.25, 0.3) is 0 Å². The van der Waals surface area contributed by atoms with E-state index in [9.17, 15) is 14.7 Å². The maximum Gasteiger partial charge on any atom is 0.407 e. The lowest BCUT2D eigenvalue weighted by Crippen LogP contribution is -2.64. The fraction of sp³-hybridized carbons (Fsp3) is 0.688. The van der Waals surface area contributed by atoms with Gasteiger partial charge in [-0.3, -0.25) is 4.79 Å². The topological polar surface area (TPSA) is 106 Å². The van der Waals surface area contributed by atoms with E-state index in [-0.39, 0.29) is 29.5 Å².